The molecule has 2 unspecified atom stereocenters. The summed E-state index contributed by atoms with van der Waals surface area (Å²) in [6.45, 7) is 6.94. The van der Waals surface area contributed by atoms with Crippen molar-refractivity contribution in [2.24, 2.45) is 0 Å². The smallest absolute Gasteiger partial charge is 0.407 e. The van der Waals surface area contributed by atoms with E-state index in [0.717, 1.165) is 5.39 Å². The first-order chi connectivity index (χ1) is 14.2. The quantitative estimate of drug-likeness (QED) is 0.831. The largest absolute Gasteiger partial charge is 0.444 e. The van der Waals surface area contributed by atoms with Crippen LogP contribution in [0.25, 0.3) is 10.9 Å². The van der Waals surface area contributed by atoms with E-state index in [0.29, 0.717) is 37.1 Å². The van der Waals surface area contributed by atoms with E-state index in [9.17, 15) is 14.0 Å². The molecule has 1 fully saturated rings. The van der Waals surface area contributed by atoms with E-state index in [4.69, 9.17) is 10.00 Å². The molecule has 1 amide bonds. The fourth-order valence-electron chi connectivity index (χ4n) is 3.62. The number of carbonyl (C=O) groups excluding carboxylic acids is 1. The minimum Gasteiger partial charge on any atom is -0.444 e. The average Bonchev–Trinajstić information content (AvgIpc) is 2.67. The third-order valence-corrected chi connectivity index (χ3v) is 5.09. The predicted molar refractivity (Wildman–Crippen MR) is 112 cm³/mol. The van der Waals surface area contributed by atoms with Crippen LogP contribution in [0.5, 0.6) is 0 Å². The van der Waals surface area contributed by atoms with Gasteiger partial charge in [0.15, 0.2) is 0 Å². The van der Waals surface area contributed by atoms with E-state index in [1.165, 1.54) is 6.07 Å². The van der Waals surface area contributed by atoms with Gasteiger partial charge in [0.2, 0.25) is 0 Å². The lowest BCUT2D eigenvalue weighted by molar-refractivity contribution is 0.0395. The topological polar surface area (TPSA) is 87.4 Å². The van der Waals surface area contributed by atoms with Crippen LogP contribution in [0, 0.1) is 11.3 Å². The lowest BCUT2D eigenvalue weighted by atomic mass is 10.0. The monoisotopic (exact) mass is 414 g/mol. The van der Waals surface area contributed by atoms with Crippen LogP contribution in [-0.4, -0.2) is 53.0 Å². The van der Waals surface area contributed by atoms with Gasteiger partial charge >= 0.3 is 6.09 Å². The molecule has 1 aromatic carbocycles. The molecule has 1 N–H and O–H groups in total. The number of amides is 1. The van der Waals surface area contributed by atoms with E-state index in [1.807, 2.05) is 11.0 Å². The summed E-state index contributed by atoms with van der Waals surface area (Å²) >= 11 is 0. The zero-order valence-electron chi connectivity index (χ0n) is 17.5. The van der Waals surface area contributed by atoms with Crippen molar-refractivity contribution in [1.82, 2.24) is 14.8 Å². The van der Waals surface area contributed by atoms with Crippen molar-refractivity contribution < 1.29 is 13.9 Å². The maximum absolute atomic E-state index is 14.6. The van der Waals surface area contributed by atoms with Gasteiger partial charge in [0.1, 0.15) is 11.8 Å². The van der Waals surface area contributed by atoms with Gasteiger partial charge in [-0.25, -0.2) is 9.18 Å². The Bertz CT molecular complexity index is 1020. The average molecular weight is 414 g/mol. The molecule has 3 rings (SSSR count). The lowest BCUT2D eigenvalue weighted by Gasteiger charge is -2.35. The molecule has 1 aromatic heterocycles. The Morgan fingerprint density at radius 2 is 2.03 bits per heavy atom. The second-order valence-corrected chi connectivity index (χ2v) is 8.57. The highest BCUT2D eigenvalue weighted by atomic mass is 19.1. The van der Waals surface area contributed by atoms with Crippen molar-refractivity contribution in [2.75, 3.05) is 19.6 Å². The number of halogens is 1. The molecule has 8 heteroatoms. The van der Waals surface area contributed by atoms with Gasteiger partial charge in [-0.15, -0.1) is 0 Å². The number of nitriles is 1. The molecule has 1 aliphatic heterocycles. The summed E-state index contributed by atoms with van der Waals surface area (Å²) < 4.78 is 21.5. The zero-order chi connectivity index (χ0) is 21.9. The van der Waals surface area contributed by atoms with Crippen LogP contribution < -0.4 is 10.9 Å². The number of fused-ring (bicyclic) bond motifs is 1. The summed E-state index contributed by atoms with van der Waals surface area (Å²) in [6.07, 6.45) is -1.37. The van der Waals surface area contributed by atoms with Gasteiger partial charge in [0, 0.05) is 32.2 Å². The molecule has 160 valence electrons. The van der Waals surface area contributed by atoms with Crippen molar-refractivity contribution in [2.45, 2.75) is 51.6 Å². The van der Waals surface area contributed by atoms with Crippen molar-refractivity contribution in [3.05, 3.63) is 46.2 Å². The molecule has 0 saturated carbocycles. The maximum Gasteiger partial charge on any atom is 0.407 e. The molecule has 0 spiro atoms. The van der Waals surface area contributed by atoms with Crippen LogP contribution in [0.1, 0.15) is 32.8 Å². The fourth-order valence-corrected chi connectivity index (χ4v) is 3.62. The third-order valence-electron chi connectivity index (χ3n) is 5.09. The van der Waals surface area contributed by atoms with Gasteiger partial charge in [0.25, 0.3) is 5.56 Å². The molecular formula is C22H27FN4O3. The molecule has 0 radical (unpaired) electrons. The van der Waals surface area contributed by atoms with Gasteiger partial charge in [-0.2, -0.15) is 5.26 Å². The normalized spacial score (nSPS) is 20.0. The SMILES string of the molecule is CC(C)(C)OC(=O)NC1CCN(CCn2c(=O)ccc3ccc(C#N)cc32)CC1F. The first-order valence-corrected chi connectivity index (χ1v) is 10.1. The van der Waals surface area contributed by atoms with E-state index >= 15 is 0 Å². The highest BCUT2D eigenvalue weighted by molar-refractivity contribution is 5.80. The van der Waals surface area contributed by atoms with Crippen LogP contribution in [0.4, 0.5) is 9.18 Å². The molecule has 0 aliphatic carbocycles. The van der Waals surface area contributed by atoms with Gasteiger partial charge in [-0.1, -0.05) is 6.07 Å². The maximum atomic E-state index is 14.6. The summed E-state index contributed by atoms with van der Waals surface area (Å²) in [5, 5.41) is 12.6. The Morgan fingerprint density at radius 1 is 1.30 bits per heavy atom. The zero-order valence-corrected chi connectivity index (χ0v) is 17.5. The standard InChI is InChI=1S/C22H27FN4O3/c1-22(2,3)30-21(29)25-18-8-9-26(14-17(18)23)10-11-27-19-12-15(13-24)4-5-16(19)6-7-20(27)28/h4-7,12,17-18H,8-11,14H2,1-3H3,(H,25,29). The number of likely N-dealkylation sites (tertiary alicyclic amines) is 1. The summed E-state index contributed by atoms with van der Waals surface area (Å²) in [5.74, 6) is 0. The van der Waals surface area contributed by atoms with Crippen LogP contribution in [-0.2, 0) is 11.3 Å². The Labute approximate surface area is 175 Å². The number of piperidine rings is 1. The minimum absolute atomic E-state index is 0.157. The predicted octanol–water partition coefficient (Wildman–Crippen LogP) is 2.81. The van der Waals surface area contributed by atoms with Crippen LogP contribution >= 0.6 is 0 Å². The minimum atomic E-state index is -1.22. The number of pyridine rings is 1. The number of hydrogen-bond donors (Lipinski definition) is 1. The Balaban J connectivity index is 1.62. The van der Waals surface area contributed by atoms with E-state index < -0.39 is 23.9 Å². The van der Waals surface area contributed by atoms with Crippen molar-refractivity contribution in [3.8, 4) is 6.07 Å². The molecule has 2 heterocycles. The summed E-state index contributed by atoms with van der Waals surface area (Å²) in [5.41, 5.74) is 0.392. The number of carbonyl (C=O) groups is 1. The van der Waals surface area contributed by atoms with Crippen molar-refractivity contribution in [1.29, 1.82) is 5.26 Å². The fraction of sp³-hybridized carbons (Fsp3) is 0.500. The van der Waals surface area contributed by atoms with E-state index in [2.05, 4.69) is 11.4 Å². The first kappa shape index (κ1) is 21.8. The molecule has 1 saturated heterocycles. The number of aromatic nitrogens is 1. The summed E-state index contributed by atoms with van der Waals surface area (Å²) in [6, 6.07) is 9.97. The number of nitrogens with one attached hydrogen (secondary N) is 1. The van der Waals surface area contributed by atoms with Gasteiger partial charge in [-0.05, 0) is 50.8 Å². The summed E-state index contributed by atoms with van der Waals surface area (Å²) in [7, 11) is 0. The van der Waals surface area contributed by atoms with Crippen molar-refractivity contribution in [3.63, 3.8) is 0 Å². The third kappa shape index (κ3) is 5.36. The highest BCUT2D eigenvalue weighted by Crippen LogP contribution is 2.17. The second kappa shape index (κ2) is 8.84. The van der Waals surface area contributed by atoms with Gasteiger partial charge in [-0.3, -0.25) is 9.69 Å². The molecule has 2 atom stereocenters. The van der Waals surface area contributed by atoms with Crippen LogP contribution in [0.2, 0.25) is 0 Å². The molecule has 1 aliphatic rings. The van der Waals surface area contributed by atoms with Gasteiger partial charge in [0.05, 0.1) is 23.2 Å². The Morgan fingerprint density at radius 3 is 2.70 bits per heavy atom. The number of alkyl halides is 1. The molecule has 30 heavy (non-hydrogen) atoms. The lowest BCUT2D eigenvalue weighted by Crippen LogP contribution is -2.53. The molecule has 0 bridgehead atoms. The highest BCUT2D eigenvalue weighted by Gasteiger charge is 2.31. The van der Waals surface area contributed by atoms with Crippen molar-refractivity contribution >= 4 is 17.0 Å². The number of rotatable bonds is 4. The van der Waals surface area contributed by atoms with Gasteiger partial charge < -0.3 is 14.6 Å². The number of hydrogen-bond acceptors (Lipinski definition) is 5. The first-order valence-electron chi connectivity index (χ1n) is 10.1. The summed E-state index contributed by atoms with van der Waals surface area (Å²) in [4.78, 5) is 26.2. The molecular weight excluding hydrogens is 387 g/mol. The van der Waals surface area contributed by atoms with E-state index in [1.54, 1.807) is 43.5 Å². The number of alkyl carbamates (subject to hydrolysis) is 1. The van der Waals surface area contributed by atoms with Crippen LogP contribution in [0.3, 0.4) is 0 Å². The number of ether oxygens (including phenoxy) is 1. The Kier molecular flexibility index (Phi) is 6.42. The van der Waals surface area contributed by atoms with E-state index in [-0.39, 0.29) is 12.1 Å². The molecule has 7 nitrogen and oxygen atoms in total. The number of nitrogens with zero attached hydrogens (tertiary/aromatic N) is 3. The Hall–Kier alpha value is -2.92. The number of benzene rings is 1. The molecule has 2 aromatic rings. The van der Waals surface area contributed by atoms with Crippen LogP contribution in [0.15, 0.2) is 35.1 Å². The second-order valence-electron chi connectivity index (χ2n) is 8.57.